The Kier molecular flexibility index (Phi) is 6.94. The molecule has 2 saturated carbocycles. The molecule has 0 radical (unpaired) electrons. The first-order valence-electron chi connectivity index (χ1n) is 12.1. The van der Waals surface area contributed by atoms with Crippen LogP contribution in [0.2, 0.25) is 0 Å². The van der Waals surface area contributed by atoms with E-state index in [9.17, 15) is 4.79 Å². The van der Waals surface area contributed by atoms with Gasteiger partial charge in [0.05, 0.1) is 0 Å². The largest absolute Gasteiger partial charge is 0.382 e. The zero-order valence-electron chi connectivity index (χ0n) is 18.3. The van der Waals surface area contributed by atoms with Gasteiger partial charge in [0.2, 0.25) is 5.91 Å². The van der Waals surface area contributed by atoms with Crippen molar-refractivity contribution in [1.29, 1.82) is 0 Å². The van der Waals surface area contributed by atoms with E-state index in [4.69, 9.17) is 9.72 Å². The zero-order chi connectivity index (χ0) is 20.1. The normalized spacial score (nSPS) is 24.4. The van der Waals surface area contributed by atoms with Gasteiger partial charge in [0.15, 0.2) is 0 Å². The minimum atomic E-state index is 0.101. The lowest BCUT2D eigenvalue weighted by atomic mass is 9.82. The van der Waals surface area contributed by atoms with Gasteiger partial charge in [-0.25, -0.2) is 4.98 Å². The first-order chi connectivity index (χ1) is 14.2. The Labute approximate surface area is 176 Å². The van der Waals surface area contributed by atoms with Crippen LogP contribution in [-0.2, 0) is 22.5 Å². The summed E-state index contributed by atoms with van der Waals surface area (Å²) in [6, 6.07) is 0. The average Bonchev–Trinajstić information content (AvgIpc) is 3.40. The molecule has 2 aliphatic carbocycles. The third kappa shape index (κ3) is 4.87. The summed E-state index contributed by atoms with van der Waals surface area (Å²) in [5.41, 5.74) is 1.53. The van der Waals surface area contributed by atoms with Gasteiger partial charge in [-0.2, -0.15) is 0 Å². The van der Waals surface area contributed by atoms with E-state index in [2.05, 4.69) is 16.8 Å². The van der Waals surface area contributed by atoms with E-state index in [1.165, 1.54) is 69.3 Å². The fourth-order valence-electron chi connectivity index (χ4n) is 5.89. The summed E-state index contributed by atoms with van der Waals surface area (Å²) in [6.07, 6.45) is 16.5. The van der Waals surface area contributed by atoms with Crippen LogP contribution in [-0.4, -0.2) is 35.2 Å². The van der Waals surface area contributed by atoms with Crippen molar-refractivity contribution >= 4 is 5.91 Å². The van der Waals surface area contributed by atoms with Crippen LogP contribution < -0.4 is 5.32 Å². The van der Waals surface area contributed by atoms with Crippen LogP contribution in [0.15, 0.2) is 6.20 Å². The van der Waals surface area contributed by atoms with E-state index in [0.717, 1.165) is 45.6 Å². The quantitative estimate of drug-likeness (QED) is 0.648. The zero-order valence-corrected chi connectivity index (χ0v) is 18.3. The maximum absolute atomic E-state index is 13.0. The second-order valence-corrected chi connectivity index (χ2v) is 9.66. The van der Waals surface area contributed by atoms with Gasteiger partial charge in [0.25, 0.3) is 0 Å². The van der Waals surface area contributed by atoms with E-state index in [1.807, 2.05) is 6.20 Å². The summed E-state index contributed by atoms with van der Waals surface area (Å²) in [7, 11) is 0. The first-order valence-corrected chi connectivity index (χ1v) is 12.1. The van der Waals surface area contributed by atoms with Crippen LogP contribution in [0.1, 0.15) is 95.0 Å². The average molecular weight is 402 g/mol. The van der Waals surface area contributed by atoms with Crippen LogP contribution in [0.4, 0.5) is 0 Å². The predicted molar refractivity (Wildman–Crippen MR) is 115 cm³/mol. The number of nitrogens with zero attached hydrogens (tertiary/aromatic N) is 2. The monoisotopic (exact) mass is 401 g/mol. The fraction of sp³-hybridized carbons (Fsp3) is 0.833. The van der Waals surface area contributed by atoms with Gasteiger partial charge < -0.3 is 14.6 Å². The molecule has 1 atom stereocenters. The number of carbonyl (C=O) groups is 1. The maximum atomic E-state index is 13.0. The van der Waals surface area contributed by atoms with Crippen LogP contribution in [0.25, 0.3) is 0 Å². The Morgan fingerprint density at radius 1 is 1.21 bits per heavy atom. The number of amides is 1. The Morgan fingerprint density at radius 3 is 2.76 bits per heavy atom. The molecular formula is C24H39N3O2. The minimum Gasteiger partial charge on any atom is -0.382 e. The predicted octanol–water partition coefficient (Wildman–Crippen LogP) is 4.60. The number of hydrogen-bond donors (Lipinski definition) is 1. The lowest BCUT2D eigenvalue weighted by Crippen LogP contribution is -2.41. The lowest BCUT2D eigenvalue weighted by Gasteiger charge is -2.31. The summed E-state index contributed by atoms with van der Waals surface area (Å²) >= 11 is 0. The highest BCUT2D eigenvalue weighted by molar-refractivity contribution is 5.79. The van der Waals surface area contributed by atoms with E-state index >= 15 is 0 Å². The molecule has 0 saturated heterocycles. The third-order valence-electron chi connectivity index (χ3n) is 7.75. The molecule has 3 aliphatic rings. The summed E-state index contributed by atoms with van der Waals surface area (Å²) < 4.78 is 8.04. The van der Waals surface area contributed by atoms with Gasteiger partial charge in [-0.15, -0.1) is 0 Å². The summed E-state index contributed by atoms with van der Waals surface area (Å²) in [5, 5.41) is 3.34. The molecule has 2 fully saturated rings. The molecule has 5 nitrogen and oxygen atoms in total. The summed E-state index contributed by atoms with van der Waals surface area (Å²) in [4.78, 5) is 17.8. The maximum Gasteiger partial charge on any atom is 0.223 e. The number of ether oxygens (including phenoxy) is 1. The van der Waals surface area contributed by atoms with Crippen LogP contribution in [0.3, 0.4) is 0 Å². The number of aromatic nitrogens is 2. The Hall–Kier alpha value is -1.36. The second kappa shape index (κ2) is 9.63. The highest BCUT2D eigenvalue weighted by atomic mass is 16.5. The van der Waals surface area contributed by atoms with Crippen molar-refractivity contribution in [3.05, 3.63) is 17.7 Å². The highest BCUT2D eigenvalue weighted by Crippen LogP contribution is 2.41. The fourth-order valence-corrected chi connectivity index (χ4v) is 5.89. The standard InChI is InChI=1S/C24H39N3O2/c1-2-29-15-13-24(11-6-7-12-24)18-26-23(28)20-10-14-27-21(16-20)17-25-22(27)19-8-4-3-5-9-19/h17,19-20H,2-16,18H2,1H3,(H,26,28). The number of carbonyl (C=O) groups excluding carboxylic acids is 1. The lowest BCUT2D eigenvalue weighted by molar-refractivity contribution is -0.126. The molecule has 5 heteroatoms. The van der Waals surface area contributed by atoms with Gasteiger partial charge in [0, 0.05) is 56.5 Å². The molecule has 1 amide bonds. The molecule has 1 aliphatic heterocycles. The van der Waals surface area contributed by atoms with Gasteiger partial charge in [0.1, 0.15) is 5.82 Å². The van der Waals surface area contributed by atoms with Crippen LogP contribution in [0.5, 0.6) is 0 Å². The molecule has 29 heavy (non-hydrogen) atoms. The van der Waals surface area contributed by atoms with Crippen molar-refractivity contribution in [2.24, 2.45) is 11.3 Å². The number of hydrogen-bond acceptors (Lipinski definition) is 3. The smallest absolute Gasteiger partial charge is 0.223 e. The molecule has 4 rings (SSSR count). The topological polar surface area (TPSA) is 56.1 Å². The van der Waals surface area contributed by atoms with Gasteiger partial charge in [-0.3, -0.25) is 4.79 Å². The summed E-state index contributed by atoms with van der Waals surface area (Å²) in [5.74, 6) is 2.28. The van der Waals surface area contributed by atoms with Crippen LogP contribution in [0, 0.1) is 11.3 Å². The number of nitrogens with one attached hydrogen (secondary N) is 1. The van der Waals surface area contributed by atoms with Crippen molar-refractivity contribution in [2.45, 2.75) is 96.4 Å². The Balaban J connectivity index is 1.32. The van der Waals surface area contributed by atoms with E-state index in [1.54, 1.807) is 0 Å². The molecule has 1 aromatic rings. The molecule has 2 heterocycles. The molecule has 0 spiro atoms. The van der Waals surface area contributed by atoms with Gasteiger partial charge in [-0.1, -0.05) is 32.1 Å². The molecule has 162 valence electrons. The SMILES string of the molecule is CCOCCC1(CNC(=O)C2CCn3c(cnc3C3CCCCC3)C2)CCCC1. The van der Waals surface area contributed by atoms with Gasteiger partial charge >= 0.3 is 0 Å². The molecule has 0 bridgehead atoms. The van der Waals surface area contributed by atoms with E-state index in [-0.39, 0.29) is 17.2 Å². The van der Waals surface area contributed by atoms with E-state index < -0.39 is 0 Å². The van der Waals surface area contributed by atoms with Crippen molar-refractivity contribution in [2.75, 3.05) is 19.8 Å². The summed E-state index contributed by atoms with van der Waals surface area (Å²) in [6.45, 7) is 5.42. The Morgan fingerprint density at radius 2 is 2.00 bits per heavy atom. The molecule has 1 unspecified atom stereocenters. The van der Waals surface area contributed by atoms with E-state index in [0.29, 0.717) is 5.92 Å². The third-order valence-corrected chi connectivity index (χ3v) is 7.75. The van der Waals surface area contributed by atoms with Crippen molar-refractivity contribution < 1.29 is 9.53 Å². The Bertz CT molecular complexity index is 672. The number of fused-ring (bicyclic) bond motifs is 1. The molecule has 0 aromatic carbocycles. The molecule has 1 N–H and O–H groups in total. The van der Waals surface area contributed by atoms with Crippen molar-refractivity contribution in [3.8, 4) is 0 Å². The number of rotatable bonds is 8. The van der Waals surface area contributed by atoms with Crippen molar-refractivity contribution in [1.82, 2.24) is 14.9 Å². The molecule has 1 aromatic heterocycles. The molecular weight excluding hydrogens is 362 g/mol. The van der Waals surface area contributed by atoms with Gasteiger partial charge in [-0.05, 0) is 50.9 Å². The number of imidazole rings is 1. The van der Waals surface area contributed by atoms with Crippen molar-refractivity contribution in [3.63, 3.8) is 0 Å². The minimum absolute atomic E-state index is 0.101. The first kappa shape index (κ1) is 20.9. The van der Waals surface area contributed by atoms with Crippen LogP contribution >= 0.6 is 0 Å². The second-order valence-electron chi connectivity index (χ2n) is 9.66. The highest BCUT2D eigenvalue weighted by Gasteiger charge is 2.35.